The van der Waals surface area contributed by atoms with Crippen molar-refractivity contribution in [3.63, 3.8) is 0 Å². The van der Waals surface area contributed by atoms with E-state index in [2.05, 4.69) is 16.9 Å². The number of hydrogen-bond acceptors (Lipinski definition) is 5. The third kappa shape index (κ3) is 2.94. The van der Waals surface area contributed by atoms with Gasteiger partial charge in [0.15, 0.2) is 5.58 Å². The quantitative estimate of drug-likeness (QED) is 0.468. The number of rotatable bonds is 6. The summed E-state index contributed by atoms with van der Waals surface area (Å²) in [6.07, 6.45) is 1.89. The Balaban J connectivity index is 1.95. The number of fused-ring (bicyclic) bond motifs is 1. The van der Waals surface area contributed by atoms with Gasteiger partial charge >= 0.3 is 0 Å². The number of para-hydroxylation sites is 1. The molecule has 5 heteroatoms. The molecule has 0 amide bonds. The van der Waals surface area contributed by atoms with Crippen LogP contribution in [0, 0.1) is 0 Å². The zero-order valence-corrected chi connectivity index (χ0v) is 10.3. The zero-order valence-electron chi connectivity index (χ0n) is 9.48. The SMILES string of the molecule is C=CCSCCNc1nc2c(N)cccc2o1. The van der Waals surface area contributed by atoms with Crippen molar-refractivity contribution in [2.75, 3.05) is 29.1 Å². The van der Waals surface area contributed by atoms with Gasteiger partial charge in [0, 0.05) is 18.1 Å². The minimum atomic E-state index is 0.525. The lowest BCUT2D eigenvalue weighted by molar-refractivity contribution is 0.617. The molecule has 1 aromatic heterocycles. The summed E-state index contributed by atoms with van der Waals surface area (Å²) in [6.45, 7) is 4.48. The van der Waals surface area contributed by atoms with E-state index in [0.717, 1.165) is 18.1 Å². The predicted octanol–water partition coefficient (Wildman–Crippen LogP) is 2.74. The van der Waals surface area contributed by atoms with Gasteiger partial charge in [-0.3, -0.25) is 0 Å². The molecule has 0 fully saturated rings. The van der Waals surface area contributed by atoms with Crippen LogP contribution in [0.2, 0.25) is 0 Å². The Hall–Kier alpha value is -1.62. The van der Waals surface area contributed by atoms with E-state index in [1.165, 1.54) is 0 Å². The first-order valence-electron chi connectivity index (χ1n) is 5.39. The number of nitrogens with one attached hydrogen (secondary N) is 1. The standard InChI is InChI=1S/C12H15N3OS/c1-2-7-17-8-6-14-12-15-11-9(13)4-3-5-10(11)16-12/h2-5H,1,6-8,13H2,(H,14,15). The Morgan fingerprint density at radius 3 is 3.18 bits per heavy atom. The average molecular weight is 249 g/mol. The fourth-order valence-corrected chi connectivity index (χ4v) is 2.02. The van der Waals surface area contributed by atoms with Crippen LogP contribution in [0.1, 0.15) is 0 Å². The smallest absolute Gasteiger partial charge is 0.295 e. The molecule has 0 radical (unpaired) electrons. The van der Waals surface area contributed by atoms with Crippen molar-refractivity contribution in [1.82, 2.24) is 4.98 Å². The second-order valence-corrected chi connectivity index (χ2v) is 4.65. The molecule has 0 atom stereocenters. The molecule has 0 aliphatic heterocycles. The number of thioether (sulfide) groups is 1. The van der Waals surface area contributed by atoms with Crippen molar-refractivity contribution in [2.24, 2.45) is 0 Å². The molecule has 1 aromatic carbocycles. The Morgan fingerprint density at radius 1 is 1.53 bits per heavy atom. The van der Waals surface area contributed by atoms with E-state index in [-0.39, 0.29) is 0 Å². The van der Waals surface area contributed by atoms with Crippen LogP contribution in [0.3, 0.4) is 0 Å². The third-order valence-corrected chi connectivity index (χ3v) is 3.17. The molecule has 0 saturated heterocycles. The monoisotopic (exact) mass is 249 g/mol. The topological polar surface area (TPSA) is 64.1 Å². The fraction of sp³-hybridized carbons (Fsp3) is 0.250. The second kappa shape index (κ2) is 5.63. The number of benzene rings is 1. The highest BCUT2D eigenvalue weighted by Crippen LogP contribution is 2.23. The molecule has 0 unspecified atom stereocenters. The minimum Gasteiger partial charge on any atom is -0.423 e. The third-order valence-electron chi connectivity index (χ3n) is 2.21. The van der Waals surface area contributed by atoms with Crippen molar-refractivity contribution < 1.29 is 4.42 Å². The lowest BCUT2D eigenvalue weighted by atomic mass is 10.3. The number of anilines is 2. The largest absolute Gasteiger partial charge is 0.423 e. The van der Waals surface area contributed by atoms with Crippen molar-refractivity contribution >= 4 is 34.6 Å². The minimum absolute atomic E-state index is 0.525. The van der Waals surface area contributed by atoms with Gasteiger partial charge < -0.3 is 15.5 Å². The molecule has 0 spiro atoms. The van der Waals surface area contributed by atoms with Crippen LogP contribution in [0.15, 0.2) is 35.3 Å². The first-order chi connectivity index (χ1) is 8.31. The Labute approximate surface area is 104 Å². The maximum Gasteiger partial charge on any atom is 0.295 e. The highest BCUT2D eigenvalue weighted by Gasteiger charge is 2.06. The van der Waals surface area contributed by atoms with Crippen molar-refractivity contribution in [1.29, 1.82) is 0 Å². The molecule has 0 aliphatic rings. The Kier molecular flexibility index (Phi) is 3.93. The second-order valence-electron chi connectivity index (χ2n) is 3.50. The van der Waals surface area contributed by atoms with Gasteiger partial charge in [0.2, 0.25) is 0 Å². The van der Waals surface area contributed by atoms with E-state index in [4.69, 9.17) is 10.2 Å². The number of aromatic nitrogens is 1. The first kappa shape index (κ1) is 11.9. The van der Waals surface area contributed by atoms with Crippen molar-refractivity contribution in [3.8, 4) is 0 Å². The van der Waals surface area contributed by atoms with Crippen molar-refractivity contribution in [3.05, 3.63) is 30.9 Å². The predicted molar refractivity (Wildman–Crippen MR) is 74.4 cm³/mol. The summed E-state index contributed by atoms with van der Waals surface area (Å²) in [4.78, 5) is 4.30. The van der Waals surface area contributed by atoms with Gasteiger partial charge in [0.1, 0.15) is 5.52 Å². The van der Waals surface area contributed by atoms with Crippen LogP contribution in [-0.4, -0.2) is 23.0 Å². The summed E-state index contributed by atoms with van der Waals surface area (Å²) >= 11 is 1.81. The number of nitrogens with two attached hydrogens (primary N) is 1. The van der Waals surface area contributed by atoms with Crippen LogP contribution >= 0.6 is 11.8 Å². The van der Waals surface area contributed by atoms with Gasteiger partial charge in [-0.15, -0.1) is 6.58 Å². The number of oxazole rings is 1. The van der Waals surface area contributed by atoms with E-state index in [1.807, 2.05) is 36.0 Å². The van der Waals surface area contributed by atoms with E-state index in [9.17, 15) is 0 Å². The van der Waals surface area contributed by atoms with Gasteiger partial charge in [-0.05, 0) is 12.1 Å². The molecule has 0 bridgehead atoms. The lowest BCUT2D eigenvalue weighted by Gasteiger charge is -1.99. The molecular formula is C12H15N3OS. The molecule has 1 heterocycles. The molecular weight excluding hydrogens is 234 g/mol. The van der Waals surface area contributed by atoms with Gasteiger partial charge in [-0.1, -0.05) is 12.1 Å². The summed E-state index contributed by atoms with van der Waals surface area (Å²) < 4.78 is 5.52. The Bertz CT molecular complexity index is 509. The lowest BCUT2D eigenvalue weighted by Crippen LogP contribution is -2.04. The van der Waals surface area contributed by atoms with Crippen LogP contribution in [0.4, 0.5) is 11.7 Å². The van der Waals surface area contributed by atoms with Crippen molar-refractivity contribution in [2.45, 2.75) is 0 Å². The van der Waals surface area contributed by atoms with Crippen LogP contribution in [0.25, 0.3) is 11.1 Å². The highest BCUT2D eigenvalue weighted by molar-refractivity contribution is 7.99. The maximum atomic E-state index is 5.80. The fourth-order valence-electron chi connectivity index (χ4n) is 1.44. The zero-order chi connectivity index (χ0) is 12.1. The summed E-state index contributed by atoms with van der Waals surface area (Å²) in [5, 5.41) is 3.13. The summed E-state index contributed by atoms with van der Waals surface area (Å²) in [7, 11) is 0. The molecule has 2 rings (SSSR count). The molecule has 4 nitrogen and oxygen atoms in total. The van der Waals surface area contributed by atoms with E-state index in [0.29, 0.717) is 22.8 Å². The normalized spacial score (nSPS) is 10.6. The van der Waals surface area contributed by atoms with E-state index >= 15 is 0 Å². The summed E-state index contributed by atoms with van der Waals surface area (Å²) in [5.41, 5.74) is 7.87. The van der Waals surface area contributed by atoms with Gasteiger partial charge in [-0.25, -0.2) is 0 Å². The number of nitrogen functional groups attached to an aromatic ring is 1. The maximum absolute atomic E-state index is 5.80. The number of hydrogen-bond donors (Lipinski definition) is 2. The molecule has 0 saturated carbocycles. The average Bonchev–Trinajstić information content (AvgIpc) is 2.73. The molecule has 17 heavy (non-hydrogen) atoms. The van der Waals surface area contributed by atoms with E-state index < -0.39 is 0 Å². The van der Waals surface area contributed by atoms with Crippen LogP contribution in [-0.2, 0) is 0 Å². The van der Waals surface area contributed by atoms with Gasteiger partial charge in [0.05, 0.1) is 5.69 Å². The molecule has 0 aliphatic carbocycles. The van der Waals surface area contributed by atoms with Crippen LogP contribution < -0.4 is 11.1 Å². The summed E-state index contributed by atoms with van der Waals surface area (Å²) in [6, 6.07) is 6.05. The van der Waals surface area contributed by atoms with Gasteiger partial charge in [0.25, 0.3) is 6.01 Å². The summed E-state index contributed by atoms with van der Waals surface area (Å²) in [5.74, 6) is 1.95. The van der Waals surface area contributed by atoms with E-state index in [1.54, 1.807) is 0 Å². The molecule has 90 valence electrons. The van der Waals surface area contributed by atoms with Crippen LogP contribution in [0.5, 0.6) is 0 Å². The molecule has 2 aromatic rings. The van der Waals surface area contributed by atoms with Gasteiger partial charge in [-0.2, -0.15) is 16.7 Å². The Morgan fingerprint density at radius 2 is 2.41 bits per heavy atom. The first-order valence-corrected chi connectivity index (χ1v) is 6.54. The highest BCUT2D eigenvalue weighted by atomic mass is 32.2. The number of nitrogens with zero attached hydrogens (tertiary/aromatic N) is 1. The molecule has 3 N–H and O–H groups in total.